The minimum absolute atomic E-state index is 0.810. The molecule has 0 aliphatic carbocycles. The molecule has 0 amide bonds. The second-order valence-corrected chi connectivity index (χ2v) is 8.08. The van der Waals surface area contributed by atoms with Gasteiger partial charge in [0.25, 0.3) is 0 Å². The predicted molar refractivity (Wildman–Crippen MR) is 127 cm³/mol. The largest absolute Gasteiger partial charge is 0.497 e. The van der Waals surface area contributed by atoms with E-state index in [1.807, 2.05) is 42.5 Å². The molecule has 31 heavy (non-hydrogen) atoms. The van der Waals surface area contributed by atoms with Crippen molar-refractivity contribution in [3.8, 4) is 22.8 Å². The first kappa shape index (κ1) is 19.4. The Morgan fingerprint density at radius 1 is 0.774 bits per heavy atom. The molecule has 0 saturated carbocycles. The molecule has 1 aromatic heterocycles. The molecule has 0 aliphatic heterocycles. The third kappa shape index (κ3) is 3.92. The van der Waals surface area contributed by atoms with Gasteiger partial charge in [-0.05, 0) is 40.6 Å². The molecule has 5 rings (SSSR count). The van der Waals surface area contributed by atoms with Gasteiger partial charge in [0.2, 0.25) is 0 Å². The number of ether oxygens (including phenoxy) is 1. The van der Waals surface area contributed by atoms with Crippen molar-refractivity contribution in [2.75, 3.05) is 7.11 Å². The van der Waals surface area contributed by atoms with Crippen LogP contribution < -0.4 is 4.74 Å². The molecule has 4 nitrogen and oxygen atoms in total. The monoisotopic (exact) mass is 423 g/mol. The first-order valence-corrected chi connectivity index (χ1v) is 11.1. The number of thioether (sulfide) groups is 1. The lowest BCUT2D eigenvalue weighted by molar-refractivity contribution is 0.414. The molecule has 4 aromatic carbocycles. The molecule has 0 N–H and O–H groups in total. The van der Waals surface area contributed by atoms with Crippen molar-refractivity contribution >= 4 is 22.5 Å². The van der Waals surface area contributed by atoms with Crippen LogP contribution >= 0.6 is 11.8 Å². The second-order valence-electron chi connectivity index (χ2n) is 7.13. The molecule has 0 unspecified atom stereocenters. The lowest BCUT2D eigenvalue weighted by Crippen LogP contribution is -2.00. The number of rotatable bonds is 6. The molecule has 0 radical (unpaired) electrons. The molecule has 0 spiro atoms. The van der Waals surface area contributed by atoms with Crippen LogP contribution in [0.1, 0.15) is 5.56 Å². The lowest BCUT2D eigenvalue weighted by atomic mass is 10.1. The standard InChI is InChI=1S/C26H21N3OS/c1-30-23-16-14-22(15-17-23)29-25(20-9-3-2-4-10-20)27-28-26(29)31-18-21-12-7-11-19-8-5-6-13-24(19)21/h2-17H,18H2,1H3. The fourth-order valence-corrected chi connectivity index (χ4v) is 4.62. The van der Waals surface area contributed by atoms with Gasteiger partial charge in [0, 0.05) is 17.0 Å². The van der Waals surface area contributed by atoms with Gasteiger partial charge in [-0.25, -0.2) is 0 Å². The van der Waals surface area contributed by atoms with E-state index in [9.17, 15) is 0 Å². The normalized spacial score (nSPS) is 11.0. The number of benzene rings is 4. The van der Waals surface area contributed by atoms with Crippen molar-refractivity contribution in [2.45, 2.75) is 10.9 Å². The summed E-state index contributed by atoms with van der Waals surface area (Å²) in [4.78, 5) is 0. The van der Waals surface area contributed by atoms with E-state index in [-0.39, 0.29) is 0 Å². The van der Waals surface area contributed by atoms with Crippen molar-refractivity contribution in [1.29, 1.82) is 0 Å². The average Bonchev–Trinajstić information content (AvgIpc) is 3.27. The molecule has 1 heterocycles. The maximum absolute atomic E-state index is 5.33. The quantitative estimate of drug-likeness (QED) is 0.297. The Balaban J connectivity index is 1.54. The maximum Gasteiger partial charge on any atom is 0.196 e. The van der Waals surface area contributed by atoms with Crippen molar-refractivity contribution in [2.24, 2.45) is 0 Å². The third-order valence-corrected chi connectivity index (χ3v) is 6.21. The zero-order valence-electron chi connectivity index (χ0n) is 17.1. The molecule has 0 atom stereocenters. The van der Waals surface area contributed by atoms with Gasteiger partial charge in [-0.15, -0.1) is 10.2 Å². The summed E-state index contributed by atoms with van der Waals surface area (Å²) in [7, 11) is 1.68. The first-order valence-electron chi connectivity index (χ1n) is 10.1. The topological polar surface area (TPSA) is 39.9 Å². The number of aromatic nitrogens is 3. The molecule has 0 bridgehead atoms. The lowest BCUT2D eigenvalue weighted by Gasteiger charge is -2.12. The third-order valence-electron chi connectivity index (χ3n) is 5.23. The fraction of sp³-hybridized carbons (Fsp3) is 0.0769. The molecular weight excluding hydrogens is 402 g/mol. The van der Waals surface area contributed by atoms with E-state index in [1.54, 1.807) is 18.9 Å². The van der Waals surface area contributed by atoms with Gasteiger partial charge < -0.3 is 4.74 Å². The van der Waals surface area contributed by atoms with Gasteiger partial charge >= 0.3 is 0 Å². The molecular formula is C26H21N3OS. The van der Waals surface area contributed by atoms with Crippen LogP contribution in [0.5, 0.6) is 5.75 Å². The minimum atomic E-state index is 0.810. The number of fused-ring (bicyclic) bond motifs is 1. The summed E-state index contributed by atoms with van der Waals surface area (Å²) in [6.07, 6.45) is 0. The molecule has 0 fully saturated rings. The molecule has 0 saturated heterocycles. The van der Waals surface area contributed by atoms with Gasteiger partial charge in [-0.1, -0.05) is 84.6 Å². The van der Waals surface area contributed by atoms with Crippen LogP contribution in [0.3, 0.4) is 0 Å². The fourth-order valence-electron chi connectivity index (χ4n) is 3.66. The average molecular weight is 424 g/mol. The highest BCUT2D eigenvalue weighted by Crippen LogP contribution is 2.32. The number of hydrogen-bond donors (Lipinski definition) is 0. The van der Waals surface area contributed by atoms with E-state index in [1.165, 1.54) is 16.3 Å². The molecule has 5 aromatic rings. The Bertz CT molecular complexity index is 1310. The van der Waals surface area contributed by atoms with Gasteiger partial charge in [0.15, 0.2) is 11.0 Å². The molecule has 5 heteroatoms. The summed E-state index contributed by atoms with van der Waals surface area (Å²) in [5.41, 5.74) is 3.32. The van der Waals surface area contributed by atoms with Gasteiger partial charge in [-0.3, -0.25) is 4.57 Å². The summed E-state index contributed by atoms with van der Waals surface area (Å²) in [5.74, 6) is 2.46. The highest BCUT2D eigenvalue weighted by Gasteiger charge is 2.16. The Labute approximate surface area is 185 Å². The van der Waals surface area contributed by atoms with Crippen LogP contribution in [0.4, 0.5) is 0 Å². The van der Waals surface area contributed by atoms with E-state index < -0.39 is 0 Å². The zero-order chi connectivity index (χ0) is 21.0. The SMILES string of the molecule is COc1ccc(-n2c(SCc3cccc4ccccc34)nnc2-c2ccccc2)cc1. The van der Waals surface area contributed by atoms with Crippen molar-refractivity contribution < 1.29 is 4.74 Å². The zero-order valence-corrected chi connectivity index (χ0v) is 17.9. The Hall–Kier alpha value is -3.57. The maximum atomic E-state index is 5.33. The number of methoxy groups -OCH3 is 1. The Morgan fingerprint density at radius 3 is 2.32 bits per heavy atom. The van der Waals surface area contributed by atoms with Crippen LogP contribution in [0.2, 0.25) is 0 Å². The molecule has 152 valence electrons. The van der Waals surface area contributed by atoms with Gasteiger partial charge in [-0.2, -0.15) is 0 Å². The van der Waals surface area contributed by atoms with Crippen LogP contribution in [0.15, 0.2) is 102 Å². The summed E-state index contributed by atoms with van der Waals surface area (Å²) >= 11 is 1.69. The van der Waals surface area contributed by atoms with E-state index in [0.29, 0.717) is 0 Å². The van der Waals surface area contributed by atoms with Crippen LogP contribution in [0.25, 0.3) is 27.8 Å². The van der Waals surface area contributed by atoms with E-state index in [0.717, 1.165) is 33.7 Å². The second kappa shape index (κ2) is 8.66. The highest BCUT2D eigenvalue weighted by atomic mass is 32.2. The van der Waals surface area contributed by atoms with Gasteiger partial charge in [0.05, 0.1) is 7.11 Å². The van der Waals surface area contributed by atoms with Crippen molar-refractivity contribution in [3.05, 3.63) is 103 Å². The van der Waals surface area contributed by atoms with Crippen LogP contribution in [-0.2, 0) is 5.75 Å². The van der Waals surface area contributed by atoms with Crippen LogP contribution in [0, 0.1) is 0 Å². The number of nitrogens with zero attached hydrogens (tertiary/aromatic N) is 3. The summed E-state index contributed by atoms with van der Waals surface area (Å²) in [6, 6.07) is 33.1. The van der Waals surface area contributed by atoms with E-state index >= 15 is 0 Å². The van der Waals surface area contributed by atoms with E-state index in [4.69, 9.17) is 4.74 Å². The van der Waals surface area contributed by atoms with Crippen molar-refractivity contribution in [1.82, 2.24) is 14.8 Å². The summed E-state index contributed by atoms with van der Waals surface area (Å²) in [5, 5.41) is 12.5. The smallest absolute Gasteiger partial charge is 0.196 e. The van der Waals surface area contributed by atoms with Crippen molar-refractivity contribution in [3.63, 3.8) is 0 Å². The first-order chi connectivity index (χ1) is 15.3. The van der Waals surface area contributed by atoms with E-state index in [2.05, 4.69) is 69.4 Å². The van der Waals surface area contributed by atoms with Crippen LogP contribution in [-0.4, -0.2) is 21.9 Å². The number of hydrogen-bond acceptors (Lipinski definition) is 4. The molecule has 0 aliphatic rings. The minimum Gasteiger partial charge on any atom is -0.497 e. The highest BCUT2D eigenvalue weighted by molar-refractivity contribution is 7.98. The predicted octanol–water partition coefficient (Wildman–Crippen LogP) is 6.39. The Morgan fingerprint density at radius 2 is 1.52 bits per heavy atom. The Kier molecular flexibility index (Phi) is 5.42. The van der Waals surface area contributed by atoms with Gasteiger partial charge in [0.1, 0.15) is 5.75 Å². The summed E-state index contributed by atoms with van der Waals surface area (Å²) < 4.78 is 7.45. The summed E-state index contributed by atoms with van der Waals surface area (Å²) in [6.45, 7) is 0.